The van der Waals surface area contributed by atoms with Crippen LogP contribution in [0.1, 0.15) is 24.5 Å². The van der Waals surface area contributed by atoms with E-state index >= 15 is 0 Å². The van der Waals surface area contributed by atoms with Crippen molar-refractivity contribution in [2.45, 2.75) is 26.8 Å². The highest BCUT2D eigenvalue weighted by Crippen LogP contribution is 2.20. The lowest BCUT2D eigenvalue weighted by molar-refractivity contribution is 0.0698. The normalized spacial score (nSPS) is 11.0. The molecule has 7 heteroatoms. The zero-order chi connectivity index (χ0) is 17.6. The fourth-order valence-corrected chi connectivity index (χ4v) is 2.11. The topological polar surface area (TPSA) is 64.1 Å². The van der Waals surface area contributed by atoms with E-state index in [9.17, 15) is 0 Å². The van der Waals surface area contributed by atoms with Crippen molar-refractivity contribution >= 4 is 29.9 Å². The van der Waals surface area contributed by atoms with Crippen LogP contribution in [0.2, 0.25) is 0 Å². The number of hydrogen-bond donors (Lipinski definition) is 2. The van der Waals surface area contributed by atoms with Gasteiger partial charge in [-0.1, -0.05) is 12.1 Å². The summed E-state index contributed by atoms with van der Waals surface area (Å²) in [5, 5.41) is 6.57. The second kappa shape index (κ2) is 15.2. The summed E-state index contributed by atoms with van der Waals surface area (Å²) in [6, 6.07) is 6.17. The molecule has 0 fully saturated rings. The summed E-state index contributed by atoms with van der Waals surface area (Å²) in [7, 11) is 3.36. The molecular weight excluding hydrogens is 433 g/mol. The van der Waals surface area contributed by atoms with Gasteiger partial charge < -0.3 is 24.8 Å². The van der Waals surface area contributed by atoms with Gasteiger partial charge in [0, 0.05) is 32.4 Å². The molecule has 0 saturated carbocycles. The van der Waals surface area contributed by atoms with Crippen molar-refractivity contribution in [2.75, 3.05) is 47.1 Å². The standard InChI is InChI=1S/C18H31N3O3.HI/c1-5-19-18(20-9-6-10-24-12-11-22-3)21-14-16-8-7-15(2)13-17(16)23-4;/h7-8,13H,5-6,9-12,14H2,1-4H3,(H2,19,20,21);1H. The van der Waals surface area contributed by atoms with Crippen molar-refractivity contribution < 1.29 is 14.2 Å². The molecule has 1 rings (SSSR count). The van der Waals surface area contributed by atoms with Gasteiger partial charge in [0.1, 0.15) is 5.75 Å². The Labute approximate surface area is 168 Å². The number of nitrogens with zero attached hydrogens (tertiary/aromatic N) is 1. The number of aryl methyl sites for hydroxylation is 1. The minimum Gasteiger partial charge on any atom is -0.496 e. The van der Waals surface area contributed by atoms with E-state index in [1.807, 2.05) is 6.07 Å². The first-order valence-electron chi connectivity index (χ1n) is 8.43. The molecule has 2 N–H and O–H groups in total. The molecule has 0 radical (unpaired) electrons. The van der Waals surface area contributed by atoms with Crippen LogP contribution in [-0.2, 0) is 16.0 Å². The number of rotatable bonds is 11. The molecule has 25 heavy (non-hydrogen) atoms. The Balaban J connectivity index is 0.00000576. The quantitative estimate of drug-likeness (QED) is 0.228. The fraction of sp³-hybridized carbons (Fsp3) is 0.611. The molecule has 0 aliphatic heterocycles. The van der Waals surface area contributed by atoms with E-state index in [-0.39, 0.29) is 24.0 Å². The number of benzene rings is 1. The van der Waals surface area contributed by atoms with E-state index in [1.54, 1.807) is 14.2 Å². The number of halogens is 1. The molecule has 0 aromatic heterocycles. The van der Waals surface area contributed by atoms with Gasteiger partial charge in [0.05, 0.1) is 26.9 Å². The Morgan fingerprint density at radius 2 is 1.92 bits per heavy atom. The van der Waals surface area contributed by atoms with Crippen LogP contribution in [-0.4, -0.2) is 53.1 Å². The zero-order valence-corrected chi connectivity index (χ0v) is 18.1. The highest BCUT2D eigenvalue weighted by atomic mass is 127. The molecule has 6 nitrogen and oxygen atoms in total. The van der Waals surface area contributed by atoms with E-state index in [2.05, 4.69) is 41.6 Å². The van der Waals surface area contributed by atoms with Crippen LogP contribution in [0.3, 0.4) is 0 Å². The first-order chi connectivity index (χ1) is 11.7. The van der Waals surface area contributed by atoms with Crippen LogP contribution < -0.4 is 15.4 Å². The number of methoxy groups -OCH3 is 2. The number of aliphatic imine (C=N–C) groups is 1. The lowest BCUT2D eigenvalue weighted by atomic mass is 10.1. The predicted molar refractivity (Wildman–Crippen MR) is 113 cm³/mol. The molecule has 0 atom stereocenters. The summed E-state index contributed by atoms with van der Waals surface area (Å²) in [6.07, 6.45) is 0.919. The average Bonchev–Trinajstić information content (AvgIpc) is 2.59. The Morgan fingerprint density at radius 3 is 2.60 bits per heavy atom. The number of ether oxygens (including phenoxy) is 3. The van der Waals surface area contributed by atoms with Gasteiger partial charge in [0.25, 0.3) is 0 Å². The summed E-state index contributed by atoms with van der Waals surface area (Å²) in [6.45, 7) is 8.29. The SMILES string of the molecule is CCNC(=NCc1ccc(C)cc1OC)NCCCOCCOC.I. The van der Waals surface area contributed by atoms with Gasteiger partial charge in [-0.05, 0) is 31.9 Å². The fourth-order valence-electron chi connectivity index (χ4n) is 2.11. The molecule has 1 aromatic carbocycles. The van der Waals surface area contributed by atoms with Crippen LogP contribution in [0.15, 0.2) is 23.2 Å². The van der Waals surface area contributed by atoms with Crippen molar-refractivity contribution in [2.24, 2.45) is 4.99 Å². The lowest BCUT2D eigenvalue weighted by Crippen LogP contribution is -2.38. The van der Waals surface area contributed by atoms with Crippen LogP contribution in [0.25, 0.3) is 0 Å². The molecule has 144 valence electrons. The number of guanidine groups is 1. The molecule has 0 aliphatic rings. The molecule has 0 saturated heterocycles. The third-order valence-corrected chi connectivity index (χ3v) is 3.38. The first-order valence-corrected chi connectivity index (χ1v) is 8.43. The molecule has 0 spiro atoms. The van der Waals surface area contributed by atoms with Gasteiger partial charge in [-0.15, -0.1) is 24.0 Å². The number of nitrogens with one attached hydrogen (secondary N) is 2. The minimum atomic E-state index is 0. The summed E-state index contributed by atoms with van der Waals surface area (Å²) in [4.78, 5) is 4.62. The summed E-state index contributed by atoms with van der Waals surface area (Å²) in [5.74, 6) is 1.68. The van der Waals surface area contributed by atoms with Crippen molar-refractivity contribution in [3.8, 4) is 5.75 Å². The molecular formula is C18H32IN3O3. The highest BCUT2D eigenvalue weighted by molar-refractivity contribution is 14.0. The Morgan fingerprint density at radius 1 is 1.12 bits per heavy atom. The van der Waals surface area contributed by atoms with Crippen LogP contribution in [0.4, 0.5) is 0 Å². The Bertz CT molecular complexity index is 498. The molecule has 1 aromatic rings. The van der Waals surface area contributed by atoms with Crippen molar-refractivity contribution in [1.29, 1.82) is 0 Å². The highest BCUT2D eigenvalue weighted by Gasteiger charge is 2.03. The van der Waals surface area contributed by atoms with E-state index in [1.165, 1.54) is 5.56 Å². The largest absolute Gasteiger partial charge is 0.496 e. The van der Waals surface area contributed by atoms with E-state index in [0.29, 0.717) is 26.4 Å². The van der Waals surface area contributed by atoms with Crippen molar-refractivity contribution in [3.63, 3.8) is 0 Å². The van der Waals surface area contributed by atoms with Gasteiger partial charge >= 0.3 is 0 Å². The van der Waals surface area contributed by atoms with Crippen molar-refractivity contribution in [1.82, 2.24) is 10.6 Å². The summed E-state index contributed by atoms with van der Waals surface area (Å²) < 4.78 is 15.8. The smallest absolute Gasteiger partial charge is 0.191 e. The molecule has 0 heterocycles. The zero-order valence-electron chi connectivity index (χ0n) is 15.8. The van der Waals surface area contributed by atoms with E-state index in [0.717, 1.165) is 36.8 Å². The maximum absolute atomic E-state index is 5.44. The molecule has 0 amide bonds. The third-order valence-electron chi connectivity index (χ3n) is 3.38. The van der Waals surface area contributed by atoms with Crippen LogP contribution in [0, 0.1) is 6.92 Å². The Hall–Kier alpha value is -1.06. The summed E-state index contributed by atoms with van der Waals surface area (Å²) in [5.41, 5.74) is 2.25. The van der Waals surface area contributed by atoms with Gasteiger partial charge in [0.15, 0.2) is 5.96 Å². The van der Waals surface area contributed by atoms with E-state index in [4.69, 9.17) is 14.2 Å². The third kappa shape index (κ3) is 10.5. The second-order valence-corrected chi connectivity index (χ2v) is 5.40. The van der Waals surface area contributed by atoms with Crippen molar-refractivity contribution in [3.05, 3.63) is 29.3 Å². The van der Waals surface area contributed by atoms with Gasteiger partial charge in [-0.25, -0.2) is 4.99 Å². The molecule has 0 bridgehead atoms. The number of hydrogen-bond acceptors (Lipinski definition) is 4. The predicted octanol–water partition coefficient (Wildman–Crippen LogP) is 2.73. The average molecular weight is 465 g/mol. The maximum atomic E-state index is 5.44. The first kappa shape index (κ1) is 23.9. The Kier molecular flexibility index (Phi) is 14.6. The lowest BCUT2D eigenvalue weighted by Gasteiger charge is -2.12. The van der Waals surface area contributed by atoms with Gasteiger partial charge in [-0.3, -0.25) is 0 Å². The molecule has 0 unspecified atom stereocenters. The summed E-state index contributed by atoms with van der Waals surface area (Å²) >= 11 is 0. The molecule has 0 aliphatic carbocycles. The minimum absolute atomic E-state index is 0. The van der Waals surface area contributed by atoms with Gasteiger partial charge in [-0.2, -0.15) is 0 Å². The van der Waals surface area contributed by atoms with Gasteiger partial charge in [0.2, 0.25) is 0 Å². The monoisotopic (exact) mass is 465 g/mol. The van der Waals surface area contributed by atoms with Crippen LogP contribution >= 0.6 is 24.0 Å². The van der Waals surface area contributed by atoms with Crippen LogP contribution in [0.5, 0.6) is 5.75 Å². The maximum Gasteiger partial charge on any atom is 0.191 e. The second-order valence-electron chi connectivity index (χ2n) is 5.40. The van der Waals surface area contributed by atoms with E-state index < -0.39 is 0 Å².